The SMILES string of the molecule is O=C(c1cccc(-n2cnnn2)c1)N1CCC[C@@H]2CCCC[C@H]21. The summed E-state index contributed by atoms with van der Waals surface area (Å²) in [7, 11) is 0. The summed E-state index contributed by atoms with van der Waals surface area (Å²) >= 11 is 0. The predicted molar refractivity (Wildman–Crippen MR) is 85.2 cm³/mol. The van der Waals surface area contributed by atoms with E-state index in [1.54, 1.807) is 11.0 Å². The average Bonchev–Trinajstić information content (AvgIpc) is 3.15. The first kappa shape index (κ1) is 14.4. The maximum atomic E-state index is 13.0. The lowest BCUT2D eigenvalue weighted by Crippen LogP contribution is -2.49. The highest BCUT2D eigenvalue weighted by Gasteiger charge is 2.35. The van der Waals surface area contributed by atoms with Crippen LogP contribution in [0, 0.1) is 5.92 Å². The second kappa shape index (κ2) is 6.10. The Balaban J connectivity index is 1.60. The van der Waals surface area contributed by atoms with Crippen LogP contribution >= 0.6 is 0 Å². The van der Waals surface area contributed by atoms with Gasteiger partial charge < -0.3 is 4.90 Å². The van der Waals surface area contributed by atoms with Crippen molar-refractivity contribution in [3.8, 4) is 5.69 Å². The van der Waals surface area contributed by atoms with Gasteiger partial charge in [-0.05, 0) is 60.2 Å². The Bertz CT molecular complexity index is 682. The van der Waals surface area contributed by atoms with E-state index < -0.39 is 0 Å². The van der Waals surface area contributed by atoms with E-state index in [1.807, 2.05) is 24.3 Å². The number of piperidine rings is 1. The van der Waals surface area contributed by atoms with Crippen LogP contribution in [-0.2, 0) is 0 Å². The largest absolute Gasteiger partial charge is 0.335 e. The molecule has 0 radical (unpaired) electrons. The minimum atomic E-state index is 0.150. The Labute approximate surface area is 135 Å². The van der Waals surface area contributed by atoms with E-state index in [0.29, 0.717) is 12.0 Å². The Hall–Kier alpha value is -2.24. The van der Waals surface area contributed by atoms with Gasteiger partial charge in [-0.1, -0.05) is 18.9 Å². The zero-order valence-electron chi connectivity index (χ0n) is 13.1. The van der Waals surface area contributed by atoms with Gasteiger partial charge in [0, 0.05) is 18.2 Å². The summed E-state index contributed by atoms with van der Waals surface area (Å²) in [5, 5.41) is 11.2. The van der Waals surface area contributed by atoms with Crippen LogP contribution in [-0.4, -0.2) is 43.6 Å². The van der Waals surface area contributed by atoms with Crippen LogP contribution < -0.4 is 0 Å². The van der Waals surface area contributed by atoms with Crippen LogP contribution in [0.25, 0.3) is 5.69 Å². The van der Waals surface area contributed by atoms with Crippen molar-refractivity contribution in [2.45, 2.75) is 44.6 Å². The van der Waals surface area contributed by atoms with Crippen LogP contribution in [0.15, 0.2) is 30.6 Å². The van der Waals surface area contributed by atoms with Crippen molar-refractivity contribution in [3.05, 3.63) is 36.2 Å². The Kier molecular flexibility index (Phi) is 3.81. The molecule has 23 heavy (non-hydrogen) atoms. The summed E-state index contributed by atoms with van der Waals surface area (Å²) in [5.74, 6) is 0.848. The minimum absolute atomic E-state index is 0.150. The molecule has 0 unspecified atom stereocenters. The van der Waals surface area contributed by atoms with Crippen molar-refractivity contribution in [3.63, 3.8) is 0 Å². The first-order valence-corrected chi connectivity index (χ1v) is 8.47. The molecule has 1 saturated carbocycles. The lowest BCUT2D eigenvalue weighted by molar-refractivity contribution is 0.0390. The zero-order valence-corrected chi connectivity index (χ0v) is 13.1. The van der Waals surface area contributed by atoms with Gasteiger partial charge in [0.15, 0.2) is 0 Å². The molecule has 0 spiro atoms. The van der Waals surface area contributed by atoms with Crippen molar-refractivity contribution in [2.75, 3.05) is 6.54 Å². The summed E-state index contributed by atoms with van der Waals surface area (Å²) in [6, 6.07) is 8.01. The molecule has 6 heteroatoms. The van der Waals surface area contributed by atoms with Crippen LogP contribution in [0.5, 0.6) is 0 Å². The smallest absolute Gasteiger partial charge is 0.254 e. The number of carbonyl (C=O) groups excluding carboxylic acids is 1. The number of fused-ring (bicyclic) bond motifs is 1. The molecule has 2 heterocycles. The molecule has 1 saturated heterocycles. The fourth-order valence-electron chi connectivity index (χ4n) is 4.10. The summed E-state index contributed by atoms with van der Waals surface area (Å²) in [5.41, 5.74) is 1.54. The molecule has 6 nitrogen and oxygen atoms in total. The van der Waals surface area contributed by atoms with E-state index in [4.69, 9.17) is 0 Å². The van der Waals surface area contributed by atoms with E-state index in [1.165, 1.54) is 25.7 Å². The lowest BCUT2D eigenvalue weighted by atomic mass is 9.78. The van der Waals surface area contributed by atoms with Gasteiger partial charge in [0.1, 0.15) is 6.33 Å². The van der Waals surface area contributed by atoms with Gasteiger partial charge in [-0.2, -0.15) is 0 Å². The highest BCUT2D eigenvalue weighted by atomic mass is 16.2. The van der Waals surface area contributed by atoms with Crippen molar-refractivity contribution in [1.29, 1.82) is 0 Å². The fraction of sp³-hybridized carbons (Fsp3) is 0.529. The first-order chi connectivity index (χ1) is 11.3. The number of likely N-dealkylation sites (tertiary alicyclic amines) is 1. The van der Waals surface area contributed by atoms with Crippen molar-refractivity contribution < 1.29 is 4.79 Å². The summed E-state index contributed by atoms with van der Waals surface area (Å²) < 4.78 is 1.58. The van der Waals surface area contributed by atoms with E-state index in [2.05, 4.69) is 20.4 Å². The van der Waals surface area contributed by atoms with Gasteiger partial charge >= 0.3 is 0 Å². The van der Waals surface area contributed by atoms with Crippen molar-refractivity contribution >= 4 is 5.91 Å². The highest BCUT2D eigenvalue weighted by molar-refractivity contribution is 5.95. The van der Waals surface area contributed by atoms with Crippen LogP contribution in [0.4, 0.5) is 0 Å². The molecule has 1 aliphatic carbocycles. The molecular formula is C17H21N5O. The van der Waals surface area contributed by atoms with Gasteiger partial charge in [-0.15, -0.1) is 5.10 Å². The molecule has 2 atom stereocenters. The lowest BCUT2D eigenvalue weighted by Gasteiger charge is -2.44. The van der Waals surface area contributed by atoms with Gasteiger partial charge in [0.05, 0.1) is 5.69 Å². The van der Waals surface area contributed by atoms with Crippen LogP contribution in [0.1, 0.15) is 48.9 Å². The number of rotatable bonds is 2. The minimum Gasteiger partial charge on any atom is -0.335 e. The predicted octanol–water partition coefficient (Wildman–Crippen LogP) is 2.46. The molecule has 0 N–H and O–H groups in total. The quantitative estimate of drug-likeness (QED) is 0.854. The molecule has 1 aromatic carbocycles. The summed E-state index contributed by atoms with van der Waals surface area (Å²) in [6.45, 7) is 0.884. The maximum absolute atomic E-state index is 13.0. The van der Waals surface area contributed by atoms with E-state index in [0.717, 1.165) is 30.6 Å². The molecule has 1 amide bonds. The van der Waals surface area contributed by atoms with Gasteiger partial charge in [0.2, 0.25) is 0 Å². The highest BCUT2D eigenvalue weighted by Crippen LogP contribution is 2.36. The number of benzene rings is 1. The number of nitrogens with zero attached hydrogens (tertiary/aromatic N) is 5. The molecule has 2 fully saturated rings. The average molecular weight is 311 g/mol. The Morgan fingerprint density at radius 2 is 2.00 bits per heavy atom. The molecule has 1 aliphatic heterocycles. The second-order valence-corrected chi connectivity index (χ2v) is 6.56. The first-order valence-electron chi connectivity index (χ1n) is 8.47. The second-order valence-electron chi connectivity index (χ2n) is 6.56. The molecular weight excluding hydrogens is 290 g/mol. The number of amides is 1. The topological polar surface area (TPSA) is 63.9 Å². The number of hydrogen-bond acceptors (Lipinski definition) is 4. The fourth-order valence-corrected chi connectivity index (χ4v) is 4.10. The number of tetrazole rings is 1. The van der Waals surface area contributed by atoms with E-state index in [-0.39, 0.29) is 5.91 Å². The standard InChI is InChI=1S/C17H21N5O/c23-17(21-10-4-7-13-5-1-2-9-16(13)21)14-6-3-8-15(11-14)22-12-18-19-20-22/h3,6,8,11-13,16H,1-2,4-5,7,9-10H2/t13-,16+/m0/s1. The number of hydrogen-bond donors (Lipinski definition) is 0. The third kappa shape index (κ3) is 2.73. The van der Waals surface area contributed by atoms with Gasteiger partial charge in [-0.3, -0.25) is 4.79 Å². The van der Waals surface area contributed by atoms with Crippen LogP contribution in [0.3, 0.4) is 0 Å². The number of aromatic nitrogens is 4. The Morgan fingerprint density at radius 1 is 1.13 bits per heavy atom. The third-order valence-electron chi connectivity index (χ3n) is 5.21. The maximum Gasteiger partial charge on any atom is 0.254 e. The van der Waals surface area contributed by atoms with Gasteiger partial charge in [-0.25, -0.2) is 4.68 Å². The zero-order chi connectivity index (χ0) is 15.6. The van der Waals surface area contributed by atoms with E-state index in [9.17, 15) is 4.79 Å². The van der Waals surface area contributed by atoms with Crippen molar-refractivity contribution in [1.82, 2.24) is 25.1 Å². The molecule has 4 rings (SSSR count). The van der Waals surface area contributed by atoms with Crippen molar-refractivity contribution in [2.24, 2.45) is 5.92 Å². The third-order valence-corrected chi connectivity index (χ3v) is 5.21. The molecule has 2 aromatic rings. The van der Waals surface area contributed by atoms with E-state index >= 15 is 0 Å². The molecule has 120 valence electrons. The monoisotopic (exact) mass is 311 g/mol. The van der Waals surface area contributed by atoms with Crippen LogP contribution in [0.2, 0.25) is 0 Å². The normalized spacial score (nSPS) is 24.3. The van der Waals surface area contributed by atoms with Gasteiger partial charge in [0.25, 0.3) is 5.91 Å². The summed E-state index contributed by atoms with van der Waals surface area (Å²) in [4.78, 5) is 15.2. The summed E-state index contributed by atoms with van der Waals surface area (Å²) in [6.07, 6.45) is 8.94. The molecule has 2 aliphatic rings. The number of carbonyl (C=O) groups is 1. The Morgan fingerprint density at radius 3 is 2.87 bits per heavy atom. The molecule has 0 bridgehead atoms. The molecule has 1 aromatic heterocycles.